The summed E-state index contributed by atoms with van der Waals surface area (Å²) in [7, 11) is 3.70. The molecule has 2 aliphatic heterocycles. The highest BCUT2D eigenvalue weighted by molar-refractivity contribution is 6.33. The second kappa shape index (κ2) is 12.5. The Balaban J connectivity index is 1.55. The van der Waals surface area contributed by atoms with Crippen LogP contribution >= 0.6 is 11.6 Å². The van der Waals surface area contributed by atoms with Gasteiger partial charge in [-0.2, -0.15) is 4.98 Å². The number of nitrogens with zero attached hydrogens (tertiary/aromatic N) is 5. The molecule has 10 heteroatoms. The third-order valence-electron chi connectivity index (χ3n) is 7.84. The molecule has 2 aliphatic rings. The predicted molar refractivity (Wildman–Crippen MR) is 161 cm³/mol. The number of halogens is 1. The Hall–Kier alpha value is -3.27. The maximum Gasteiger partial charge on any atom is 0.260 e. The van der Waals surface area contributed by atoms with Crippen LogP contribution in [-0.2, 0) is 16.0 Å². The second-order valence-electron chi connectivity index (χ2n) is 10.7. The fraction of sp³-hybridized carbons (Fsp3) is 0.467. The summed E-state index contributed by atoms with van der Waals surface area (Å²) >= 11 is 6.77. The van der Waals surface area contributed by atoms with Crippen molar-refractivity contribution in [1.29, 1.82) is 0 Å². The lowest BCUT2D eigenvalue weighted by Crippen LogP contribution is -2.34. The molecule has 2 aromatic heterocycles. The summed E-state index contributed by atoms with van der Waals surface area (Å²) in [5.74, 6) is 1.43. The summed E-state index contributed by atoms with van der Waals surface area (Å²) in [4.78, 5) is 30.3. The molecule has 0 radical (unpaired) electrons. The number of aromatic nitrogens is 3. The highest BCUT2D eigenvalue weighted by atomic mass is 35.5. The van der Waals surface area contributed by atoms with Gasteiger partial charge in [0.05, 0.1) is 12.8 Å². The van der Waals surface area contributed by atoms with Crippen molar-refractivity contribution in [2.24, 2.45) is 10.9 Å². The quantitative estimate of drug-likeness (QED) is 0.316. The Morgan fingerprint density at radius 2 is 1.95 bits per heavy atom. The van der Waals surface area contributed by atoms with Gasteiger partial charge in [-0.3, -0.25) is 9.36 Å². The molecule has 1 aromatic carbocycles. The number of pyridine rings is 1. The van der Waals surface area contributed by atoms with Crippen LogP contribution in [0.15, 0.2) is 46.8 Å². The number of hydrogen-bond donors (Lipinski definition) is 1. The molecule has 2 fully saturated rings. The van der Waals surface area contributed by atoms with Crippen LogP contribution in [0, 0.1) is 5.92 Å². The van der Waals surface area contributed by atoms with Gasteiger partial charge in [-0.25, -0.2) is 9.98 Å². The average molecular weight is 565 g/mol. The van der Waals surface area contributed by atoms with Crippen molar-refractivity contribution in [2.75, 3.05) is 45.8 Å². The molecule has 9 nitrogen and oxygen atoms in total. The zero-order valence-electron chi connectivity index (χ0n) is 23.5. The molecular weight excluding hydrogens is 528 g/mol. The van der Waals surface area contributed by atoms with Crippen LogP contribution < -0.4 is 10.9 Å². The molecule has 1 N–H and O–H groups in total. The van der Waals surface area contributed by atoms with E-state index >= 15 is 0 Å². The Morgan fingerprint density at radius 3 is 2.65 bits per heavy atom. The van der Waals surface area contributed by atoms with Gasteiger partial charge in [0.15, 0.2) is 5.90 Å². The van der Waals surface area contributed by atoms with Crippen LogP contribution in [0.1, 0.15) is 38.2 Å². The van der Waals surface area contributed by atoms with Crippen molar-refractivity contribution in [3.05, 3.63) is 58.0 Å². The summed E-state index contributed by atoms with van der Waals surface area (Å²) in [6, 6.07) is 7.62. The fourth-order valence-electron chi connectivity index (χ4n) is 5.33. The van der Waals surface area contributed by atoms with E-state index in [1.54, 1.807) is 26.3 Å². The van der Waals surface area contributed by atoms with Gasteiger partial charge in [-0.05, 0) is 63.9 Å². The number of ether oxygens (including phenoxy) is 2. The van der Waals surface area contributed by atoms with Crippen LogP contribution in [0.25, 0.3) is 27.9 Å². The number of piperidine rings is 1. The number of methoxy groups -OCH3 is 1. The van der Waals surface area contributed by atoms with Crippen LogP contribution in [0.2, 0.25) is 5.02 Å². The topological polar surface area (TPSA) is 93.9 Å². The average Bonchev–Trinajstić information content (AvgIpc) is 2.96. The lowest BCUT2D eigenvalue weighted by molar-refractivity contribution is 0.0903. The minimum atomic E-state index is -0.108. The fourth-order valence-corrected chi connectivity index (χ4v) is 5.61. The first-order valence-corrected chi connectivity index (χ1v) is 14.2. The lowest BCUT2D eigenvalue weighted by Gasteiger charge is -2.29. The van der Waals surface area contributed by atoms with Crippen LogP contribution in [0.3, 0.4) is 0 Å². The molecule has 0 amide bonds. The van der Waals surface area contributed by atoms with E-state index in [4.69, 9.17) is 26.1 Å². The van der Waals surface area contributed by atoms with E-state index in [1.807, 2.05) is 22.8 Å². The van der Waals surface area contributed by atoms with Crippen molar-refractivity contribution in [3.63, 3.8) is 0 Å². The Labute approximate surface area is 239 Å². The van der Waals surface area contributed by atoms with E-state index in [-0.39, 0.29) is 11.6 Å². The van der Waals surface area contributed by atoms with Gasteiger partial charge in [-0.1, -0.05) is 30.3 Å². The van der Waals surface area contributed by atoms with Crippen LogP contribution in [0.4, 0.5) is 5.95 Å². The maximum absolute atomic E-state index is 14.1. The van der Waals surface area contributed by atoms with E-state index in [1.165, 1.54) is 0 Å². The number of fused-ring (bicyclic) bond motifs is 1. The highest BCUT2D eigenvalue weighted by Gasteiger charge is 2.22. The molecule has 4 heterocycles. The number of rotatable bonds is 7. The van der Waals surface area contributed by atoms with Gasteiger partial charge < -0.3 is 19.7 Å². The van der Waals surface area contributed by atoms with E-state index < -0.39 is 0 Å². The molecule has 212 valence electrons. The number of likely N-dealkylation sites (tertiary alicyclic amines) is 1. The van der Waals surface area contributed by atoms with Crippen LogP contribution in [-0.4, -0.2) is 71.8 Å². The molecule has 0 atom stereocenters. The first-order valence-electron chi connectivity index (χ1n) is 13.8. The molecule has 3 aromatic rings. The van der Waals surface area contributed by atoms with E-state index in [0.717, 1.165) is 62.9 Å². The smallest absolute Gasteiger partial charge is 0.260 e. The third kappa shape index (κ3) is 6.37. The monoisotopic (exact) mass is 564 g/mol. The van der Waals surface area contributed by atoms with Crippen molar-refractivity contribution in [1.82, 2.24) is 19.4 Å². The number of anilines is 1. The molecule has 2 saturated heterocycles. The number of hydrogen-bond acceptors (Lipinski definition) is 8. The number of nitrogens with one attached hydrogen (secondary N) is 1. The molecule has 40 heavy (non-hydrogen) atoms. The highest BCUT2D eigenvalue weighted by Crippen LogP contribution is 2.31. The molecule has 0 unspecified atom stereocenters. The van der Waals surface area contributed by atoms with Gasteiger partial charge in [0.25, 0.3) is 5.56 Å². The first kappa shape index (κ1) is 28.3. The Bertz CT molecular complexity index is 1470. The van der Waals surface area contributed by atoms with Crippen molar-refractivity contribution < 1.29 is 9.47 Å². The Kier molecular flexibility index (Phi) is 8.83. The van der Waals surface area contributed by atoms with Gasteiger partial charge in [-0.15, -0.1) is 0 Å². The van der Waals surface area contributed by atoms with Gasteiger partial charge in [0.2, 0.25) is 5.95 Å². The van der Waals surface area contributed by atoms with E-state index in [9.17, 15) is 4.79 Å². The molecule has 0 saturated carbocycles. The molecule has 0 spiro atoms. The zero-order chi connectivity index (χ0) is 28.2. The minimum absolute atomic E-state index is 0.108. The number of benzene rings is 1. The standard InChI is InChI=1S/C30H37ClN6O3/c1-19(33-20(2)39-4)22-5-6-25(27(31)16-22)26-15-23-17-32-30(34-24-9-13-40-14-10-24)35-28(23)37(29(26)38)18-21-7-11-36(3)12-8-21/h5-6,15-17,21,24H,1,7-14,18H2,2-4H3,(H,32,34,35). The van der Waals surface area contributed by atoms with Crippen molar-refractivity contribution in [2.45, 2.75) is 45.2 Å². The van der Waals surface area contributed by atoms with Crippen LogP contribution in [0.5, 0.6) is 0 Å². The SMILES string of the molecule is C=C(N=C(C)OC)c1ccc(-c2cc3cnc(NC4CCOCC4)nc3n(CC3CCN(C)CC3)c2=O)c(Cl)c1. The second-order valence-corrected chi connectivity index (χ2v) is 11.1. The number of aliphatic imine (C=N–C) groups is 1. The van der Waals surface area contributed by atoms with Gasteiger partial charge in [0.1, 0.15) is 5.65 Å². The lowest BCUT2D eigenvalue weighted by atomic mass is 9.96. The van der Waals surface area contributed by atoms with Crippen molar-refractivity contribution >= 4 is 40.2 Å². The first-order chi connectivity index (χ1) is 19.3. The molecule has 5 rings (SSSR count). The van der Waals surface area contributed by atoms with Gasteiger partial charge >= 0.3 is 0 Å². The third-order valence-corrected chi connectivity index (χ3v) is 8.15. The molecule has 0 aliphatic carbocycles. The summed E-state index contributed by atoms with van der Waals surface area (Å²) in [6.45, 7) is 9.87. The van der Waals surface area contributed by atoms with Gasteiger partial charge in [0, 0.05) is 66.0 Å². The minimum Gasteiger partial charge on any atom is -0.484 e. The van der Waals surface area contributed by atoms with E-state index in [0.29, 0.717) is 51.8 Å². The molecule has 0 bridgehead atoms. The summed E-state index contributed by atoms with van der Waals surface area (Å²) in [6.07, 6.45) is 5.67. The summed E-state index contributed by atoms with van der Waals surface area (Å²) in [5.41, 5.74) is 2.99. The largest absolute Gasteiger partial charge is 0.484 e. The predicted octanol–water partition coefficient (Wildman–Crippen LogP) is 5.08. The molecular formula is C30H37ClN6O3. The Morgan fingerprint density at radius 1 is 1.20 bits per heavy atom. The van der Waals surface area contributed by atoms with E-state index in [2.05, 4.69) is 33.8 Å². The zero-order valence-corrected chi connectivity index (χ0v) is 24.2. The maximum atomic E-state index is 14.1. The summed E-state index contributed by atoms with van der Waals surface area (Å²) < 4.78 is 12.5. The summed E-state index contributed by atoms with van der Waals surface area (Å²) in [5, 5.41) is 4.69. The normalized spacial score (nSPS) is 17.8. The van der Waals surface area contributed by atoms with Crippen molar-refractivity contribution in [3.8, 4) is 11.1 Å².